The van der Waals surface area contributed by atoms with Gasteiger partial charge in [0.2, 0.25) is 0 Å². The zero-order valence-corrected chi connectivity index (χ0v) is 10.8. The molecule has 0 aliphatic carbocycles. The molecule has 0 rings (SSSR count). The third kappa shape index (κ3) is 5.34. The van der Waals surface area contributed by atoms with Crippen LogP contribution in [0.15, 0.2) is 4.99 Å². The van der Waals surface area contributed by atoms with Gasteiger partial charge in [-0.15, -0.1) is 0 Å². The predicted molar refractivity (Wildman–Crippen MR) is 53.8 cm³/mol. The monoisotopic (exact) mass is 346 g/mol. The number of hydrogen-bond donors (Lipinski definition) is 1. The Kier molecular flexibility index (Phi) is 9.02. The Morgan fingerprint density at radius 1 is 1.31 bits per heavy atom. The van der Waals surface area contributed by atoms with Crippen molar-refractivity contribution in [2.75, 3.05) is 0 Å². The Balaban J connectivity index is 0. The van der Waals surface area contributed by atoms with E-state index in [4.69, 9.17) is 0 Å². The molecule has 0 bridgehead atoms. The van der Waals surface area contributed by atoms with Crippen molar-refractivity contribution in [1.82, 2.24) is 0 Å². The average molecular weight is 346 g/mol. The van der Waals surface area contributed by atoms with Gasteiger partial charge in [0, 0.05) is 48.6 Å². The second-order valence-corrected chi connectivity index (χ2v) is 3.55. The van der Waals surface area contributed by atoms with Gasteiger partial charge >= 0.3 is 0 Å². The minimum atomic E-state index is -0.676. The van der Waals surface area contributed by atoms with E-state index in [2.05, 4.69) is 4.99 Å². The van der Waals surface area contributed by atoms with E-state index in [-0.39, 0.29) is 42.9 Å². The van der Waals surface area contributed by atoms with Gasteiger partial charge in [0.05, 0.1) is 0 Å². The van der Waals surface area contributed by atoms with E-state index in [0.717, 1.165) is 18.6 Å². The number of nitrogens with zero attached hydrogens (tertiary/aromatic N) is 1. The van der Waals surface area contributed by atoms with Crippen molar-refractivity contribution in [3.63, 3.8) is 0 Å². The summed E-state index contributed by atoms with van der Waals surface area (Å²) in [6.45, 7) is 9.93. The first-order chi connectivity index (χ1) is 5.46. The number of rotatable bonds is 4. The van der Waals surface area contributed by atoms with Crippen molar-refractivity contribution in [2.45, 2.75) is 59.1 Å². The van der Waals surface area contributed by atoms with Crippen LogP contribution in [-0.4, -0.2) is 22.5 Å². The van der Waals surface area contributed by atoms with Gasteiger partial charge in [0.15, 0.2) is 0 Å². The topological polar surface area (TPSA) is 32.6 Å². The first-order valence-corrected chi connectivity index (χ1v) is 4.73. The Hall–Kier alpha value is 0.864. The summed E-state index contributed by atoms with van der Waals surface area (Å²) in [4.78, 5) is 4.36. The molecular weight excluding hydrogens is 325 g/mol. The SMILES string of the molecule is CCC(O)(CC)C(C)=NC(C)C.[Lu]. The summed E-state index contributed by atoms with van der Waals surface area (Å²) in [6, 6.07) is 0.273. The molecule has 0 heterocycles. The molecule has 0 saturated heterocycles. The molecule has 0 unspecified atom stereocenters. The summed E-state index contributed by atoms with van der Waals surface area (Å²) in [5.74, 6) is 0. The summed E-state index contributed by atoms with van der Waals surface area (Å²) in [5.41, 5.74) is 0.187. The predicted octanol–water partition coefficient (Wildman–Crippen LogP) is 2.41. The van der Waals surface area contributed by atoms with E-state index in [1.807, 2.05) is 34.6 Å². The van der Waals surface area contributed by atoms with Crippen LogP contribution in [0.4, 0.5) is 0 Å². The molecule has 0 aliphatic rings. The minimum absolute atomic E-state index is 0. The van der Waals surface area contributed by atoms with Crippen LogP contribution in [0.5, 0.6) is 0 Å². The Bertz CT molecular complexity index is 162. The van der Waals surface area contributed by atoms with Gasteiger partial charge in [-0.3, -0.25) is 4.99 Å². The Labute approximate surface area is 111 Å². The molecule has 1 radical (unpaired) electrons. The molecular formula is C10H21LuNO. The zero-order valence-electron chi connectivity index (χ0n) is 9.14. The van der Waals surface area contributed by atoms with Crippen molar-refractivity contribution in [3.05, 3.63) is 0 Å². The second kappa shape index (κ2) is 7.19. The van der Waals surface area contributed by atoms with Crippen LogP contribution >= 0.6 is 0 Å². The van der Waals surface area contributed by atoms with E-state index in [0.29, 0.717) is 0 Å². The standard InChI is InChI=1S/C10H21NO.Lu/c1-6-10(12,7-2)9(5)11-8(3)4;/h8,12H,6-7H2,1-5H3;. The summed E-state index contributed by atoms with van der Waals surface area (Å²) in [6.07, 6.45) is 1.48. The van der Waals surface area contributed by atoms with Gasteiger partial charge in [-0.25, -0.2) is 0 Å². The van der Waals surface area contributed by atoms with E-state index < -0.39 is 5.60 Å². The van der Waals surface area contributed by atoms with Crippen molar-refractivity contribution in [3.8, 4) is 0 Å². The van der Waals surface area contributed by atoms with Crippen molar-refractivity contribution < 1.29 is 42.0 Å². The third-order valence-corrected chi connectivity index (χ3v) is 2.30. The first kappa shape index (κ1) is 16.3. The molecule has 0 aromatic rings. The average Bonchev–Trinajstić information content (AvgIpc) is 2.02. The maximum atomic E-state index is 10.0. The molecule has 13 heavy (non-hydrogen) atoms. The quantitative estimate of drug-likeness (QED) is 0.779. The van der Waals surface area contributed by atoms with Crippen molar-refractivity contribution >= 4 is 5.71 Å². The maximum absolute atomic E-state index is 10.0. The fourth-order valence-corrected chi connectivity index (χ4v) is 1.27. The maximum Gasteiger partial charge on any atom is 0.101 e. The van der Waals surface area contributed by atoms with Crippen molar-refractivity contribution in [1.29, 1.82) is 0 Å². The number of aliphatic hydroxyl groups is 1. The van der Waals surface area contributed by atoms with Crippen LogP contribution in [0.1, 0.15) is 47.5 Å². The molecule has 0 amide bonds. The Morgan fingerprint density at radius 3 is 1.92 bits per heavy atom. The van der Waals surface area contributed by atoms with E-state index in [1.54, 1.807) is 0 Å². The fraction of sp³-hybridized carbons (Fsp3) is 0.900. The molecule has 0 aromatic heterocycles. The third-order valence-electron chi connectivity index (χ3n) is 2.30. The van der Waals surface area contributed by atoms with Crippen LogP contribution in [0.25, 0.3) is 0 Å². The van der Waals surface area contributed by atoms with Gasteiger partial charge in [-0.05, 0) is 33.6 Å². The molecule has 0 spiro atoms. The van der Waals surface area contributed by atoms with Crippen LogP contribution < -0.4 is 0 Å². The molecule has 2 nitrogen and oxygen atoms in total. The van der Waals surface area contributed by atoms with Gasteiger partial charge in [-0.1, -0.05) is 13.8 Å². The molecule has 87 valence electrons. The van der Waals surface area contributed by atoms with Crippen LogP contribution in [0.2, 0.25) is 0 Å². The van der Waals surface area contributed by atoms with Gasteiger partial charge in [0.1, 0.15) is 5.60 Å². The van der Waals surface area contributed by atoms with E-state index in [9.17, 15) is 5.11 Å². The van der Waals surface area contributed by atoms with Gasteiger partial charge in [0.25, 0.3) is 0 Å². The molecule has 0 aromatic carbocycles. The Morgan fingerprint density at radius 2 is 1.69 bits per heavy atom. The molecule has 0 atom stereocenters. The van der Waals surface area contributed by atoms with E-state index >= 15 is 0 Å². The van der Waals surface area contributed by atoms with Crippen LogP contribution in [-0.2, 0) is 0 Å². The molecule has 0 aliphatic heterocycles. The first-order valence-electron chi connectivity index (χ1n) is 4.73. The van der Waals surface area contributed by atoms with E-state index in [1.165, 1.54) is 0 Å². The fourth-order valence-electron chi connectivity index (χ4n) is 1.27. The summed E-state index contributed by atoms with van der Waals surface area (Å²) in [7, 11) is 0. The molecule has 1 N–H and O–H groups in total. The number of aliphatic imine (C=N–C) groups is 1. The smallest absolute Gasteiger partial charge is 0.101 e. The minimum Gasteiger partial charge on any atom is -0.384 e. The van der Waals surface area contributed by atoms with Gasteiger partial charge in [-0.2, -0.15) is 0 Å². The largest absolute Gasteiger partial charge is 0.384 e. The molecule has 3 heteroatoms. The zero-order chi connectivity index (χ0) is 9.78. The second-order valence-electron chi connectivity index (χ2n) is 3.55. The normalized spacial score (nSPS) is 13.0. The summed E-state index contributed by atoms with van der Waals surface area (Å²) < 4.78 is 0. The van der Waals surface area contributed by atoms with Crippen LogP contribution in [0, 0.1) is 36.9 Å². The summed E-state index contributed by atoms with van der Waals surface area (Å²) >= 11 is 0. The van der Waals surface area contributed by atoms with Gasteiger partial charge < -0.3 is 5.11 Å². The van der Waals surface area contributed by atoms with Crippen molar-refractivity contribution in [2.24, 2.45) is 4.99 Å². The summed E-state index contributed by atoms with van der Waals surface area (Å²) in [5, 5.41) is 10.0. The number of hydrogen-bond acceptors (Lipinski definition) is 2. The molecule has 0 fully saturated rings. The molecule has 0 saturated carbocycles. The van der Waals surface area contributed by atoms with Crippen LogP contribution in [0.3, 0.4) is 0 Å².